The fourth-order valence-corrected chi connectivity index (χ4v) is 5.50. The highest BCUT2D eigenvalue weighted by Gasteiger charge is 2.25. The summed E-state index contributed by atoms with van der Waals surface area (Å²) in [6, 6.07) is 0. The minimum atomic E-state index is -1.46. The molecule has 0 aromatic heterocycles. The van der Waals surface area contributed by atoms with E-state index in [9.17, 15) is 30.0 Å². The minimum absolute atomic E-state index is 0.0528. The van der Waals surface area contributed by atoms with Crippen LogP contribution in [0, 0.1) is 0 Å². The van der Waals surface area contributed by atoms with Crippen molar-refractivity contribution in [1.82, 2.24) is 9.80 Å². The predicted octanol–water partition coefficient (Wildman–Crippen LogP) is 4.04. The molecule has 0 aromatic rings. The summed E-state index contributed by atoms with van der Waals surface area (Å²) in [6.07, 6.45) is 13.6. The molecule has 0 aromatic carbocycles. The van der Waals surface area contributed by atoms with E-state index in [2.05, 4.69) is 13.8 Å². The van der Waals surface area contributed by atoms with Crippen LogP contribution in [0.15, 0.2) is 0 Å². The van der Waals surface area contributed by atoms with Crippen LogP contribution in [0.5, 0.6) is 0 Å². The van der Waals surface area contributed by atoms with Gasteiger partial charge in [0.05, 0.1) is 26.4 Å². The molecule has 0 bridgehead atoms. The Kier molecular flexibility index (Phi) is 39.1. The fraction of sp³-hybridized carbons (Fsp3) is 0.949. The number of esters is 2. The fourth-order valence-electron chi connectivity index (χ4n) is 5.50. The summed E-state index contributed by atoms with van der Waals surface area (Å²) in [4.78, 5) is 28.7. The number of aliphatic hydroxyl groups is 4. The molecule has 0 amide bonds. The molecule has 14 heteroatoms. The maximum Gasteiger partial charge on any atom is 0.336 e. The SMILES string of the molecule is CCCCCCOCOCCCCCCOC(=O)C(O)CN(CCCN(CCO)CCO)CC(O)C(=O)OCCCCCCOCOCCCCCC. The van der Waals surface area contributed by atoms with Gasteiger partial charge in [0.2, 0.25) is 0 Å². The smallest absolute Gasteiger partial charge is 0.336 e. The summed E-state index contributed by atoms with van der Waals surface area (Å²) in [6.45, 7) is 9.34. The van der Waals surface area contributed by atoms with Gasteiger partial charge in [0, 0.05) is 52.6 Å². The molecule has 0 fully saturated rings. The maximum atomic E-state index is 12.6. The van der Waals surface area contributed by atoms with Gasteiger partial charge in [-0.1, -0.05) is 65.2 Å². The molecule has 0 spiro atoms. The van der Waals surface area contributed by atoms with Crippen molar-refractivity contribution in [2.24, 2.45) is 0 Å². The summed E-state index contributed by atoms with van der Waals surface area (Å²) < 4.78 is 32.5. The number of ether oxygens (including phenoxy) is 6. The monoisotopic (exact) mass is 767 g/mol. The Balaban J connectivity index is 4.42. The van der Waals surface area contributed by atoms with Crippen molar-refractivity contribution in [1.29, 1.82) is 0 Å². The van der Waals surface area contributed by atoms with Crippen LogP contribution in [0.3, 0.4) is 0 Å². The molecule has 0 saturated carbocycles. The molecule has 0 radical (unpaired) electrons. The van der Waals surface area contributed by atoms with Gasteiger partial charge in [0.15, 0.2) is 12.2 Å². The zero-order valence-electron chi connectivity index (χ0n) is 33.4. The first-order chi connectivity index (χ1) is 25.9. The van der Waals surface area contributed by atoms with Crippen molar-refractivity contribution >= 4 is 11.9 Å². The molecule has 14 nitrogen and oxygen atoms in total. The first-order valence-electron chi connectivity index (χ1n) is 20.6. The Morgan fingerprint density at radius 2 is 0.792 bits per heavy atom. The average Bonchev–Trinajstić information content (AvgIpc) is 3.14. The van der Waals surface area contributed by atoms with E-state index in [0.29, 0.717) is 72.2 Å². The lowest BCUT2D eigenvalue weighted by atomic mass is 10.2. The van der Waals surface area contributed by atoms with Crippen LogP contribution in [-0.4, -0.2) is 160 Å². The summed E-state index contributed by atoms with van der Waals surface area (Å²) in [5.41, 5.74) is 0. The lowest BCUT2D eigenvalue weighted by molar-refractivity contribution is -0.156. The number of aliphatic hydroxyl groups excluding tert-OH is 4. The third-order valence-electron chi connectivity index (χ3n) is 8.66. The molecule has 0 aliphatic heterocycles. The van der Waals surface area contributed by atoms with Crippen LogP contribution >= 0.6 is 0 Å². The van der Waals surface area contributed by atoms with Gasteiger partial charge < -0.3 is 48.8 Å². The molecule has 0 heterocycles. The van der Waals surface area contributed by atoms with Gasteiger partial charge in [-0.2, -0.15) is 0 Å². The summed E-state index contributed by atoms with van der Waals surface area (Å²) in [5, 5.41) is 39.9. The highest BCUT2D eigenvalue weighted by Crippen LogP contribution is 2.07. The third-order valence-corrected chi connectivity index (χ3v) is 8.66. The quantitative estimate of drug-likeness (QED) is 0.0398. The molecule has 0 aliphatic rings. The van der Waals surface area contributed by atoms with Crippen LogP contribution in [0.1, 0.15) is 123 Å². The Labute approximate surface area is 320 Å². The van der Waals surface area contributed by atoms with Gasteiger partial charge in [0.1, 0.15) is 13.6 Å². The van der Waals surface area contributed by atoms with Crippen molar-refractivity contribution < 1.29 is 58.4 Å². The van der Waals surface area contributed by atoms with Gasteiger partial charge in [0.25, 0.3) is 0 Å². The zero-order valence-corrected chi connectivity index (χ0v) is 33.4. The molecule has 4 N–H and O–H groups in total. The number of hydrogen-bond acceptors (Lipinski definition) is 14. The molecule has 316 valence electrons. The van der Waals surface area contributed by atoms with Crippen molar-refractivity contribution in [3.05, 3.63) is 0 Å². The van der Waals surface area contributed by atoms with Gasteiger partial charge in [-0.25, -0.2) is 9.59 Å². The maximum absolute atomic E-state index is 12.6. The Morgan fingerprint density at radius 3 is 1.15 bits per heavy atom. The largest absolute Gasteiger partial charge is 0.464 e. The molecular formula is C39H78N2O12. The van der Waals surface area contributed by atoms with Gasteiger partial charge in [-0.15, -0.1) is 0 Å². The molecule has 0 rings (SSSR count). The number of carbonyl (C=O) groups is 2. The van der Waals surface area contributed by atoms with Crippen LogP contribution in [0.2, 0.25) is 0 Å². The second-order valence-electron chi connectivity index (χ2n) is 13.6. The molecule has 53 heavy (non-hydrogen) atoms. The zero-order chi connectivity index (χ0) is 39.0. The van der Waals surface area contributed by atoms with Crippen LogP contribution in [0.25, 0.3) is 0 Å². The lowest BCUT2D eigenvalue weighted by Crippen LogP contribution is -2.45. The van der Waals surface area contributed by atoms with Gasteiger partial charge in [-0.3, -0.25) is 9.80 Å². The van der Waals surface area contributed by atoms with Crippen molar-refractivity contribution in [2.45, 2.75) is 135 Å². The second-order valence-corrected chi connectivity index (χ2v) is 13.6. The predicted molar refractivity (Wildman–Crippen MR) is 204 cm³/mol. The summed E-state index contributed by atoms with van der Waals surface area (Å²) in [5.74, 6) is -1.51. The number of nitrogens with zero attached hydrogens (tertiary/aromatic N) is 2. The van der Waals surface area contributed by atoms with E-state index in [1.165, 1.54) is 38.5 Å². The van der Waals surface area contributed by atoms with E-state index in [0.717, 1.165) is 64.6 Å². The number of rotatable bonds is 42. The van der Waals surface area contributed by atoms with Crippen LogP contribution in [0.4, 0.5) is 0 Å². The van der Waals surface area contributed by atoms with Crippen molar-refractivity contribution in [3.63, 3.8) is 0 Å². The van der Waals surface area contributed by atoms with E-state index in [-0.39, 0.29) is 39.5 Å². The van der Waals surface area contributed by atoms with Crippen LogP contribution < -0.4 is 0 Å². The highest BCUT2D eigenvalue weighted by atomic mass is 16.7. The van der Waals surface area contributed by atoms with Crippen molar-refractivity contribution in [2.75, 3.05) is 106 Å². The standard InChI is InChI=1S/C39H78N2O12/c1-3-5-7-13-26-48-34-50-28-15-9-11-17-30-52-38(46)36(44)32-41(21-19-20-40(22-24-42)23-25-43)33-37(45)39(47)53-31-18-12-10-16-29-51-35-49-27-14-8-6-4-2/h36-37,42-45H,3-35H2,1-2H3. The number of unbranched alkanes of at least 4 members (excludes halogenated alkanes) is 12. The highest BCUT2D eigenvalue weighted by molar-refractivity contribution is 5.75. The normalized spacial score (nSPS) is 12.8. The molecule has 0 aliphatic carbocycles. The van der Waals surface area contributed by atoms with E-state index in [1.807, 2.05) is 4.90 Å². The van der Waals surface area contributed by atoms with Gasteiger partial charge in [-0.05, 0) is 70.9 Å². The van der Waals surface area contributed by atoms with Gasteiger partial charge >= 0.3 is 11.9 Å². The number of hydrogen-bond donors (Lipinski definition) is 4. The first-order valence-corrected chi connectivity index (χ1v) is 20.6. The Bertz CT molecular complexity index is 740. The Morgan fingerprint density at radius 1 is 0.453 bits per heavy atom. The summed E-state index contributed by atoms with van der Waals surface area (Å²) in [7, 11) is 0. The topological polar surface area (TPSA) is 177 Å². The number of carbonyl (C=O) groups excluding carboxylic acids is 2. The minimum Gasteiger partial charge on any atom is -0.464 e. The average molecular weight is 767 g/mol. The van der Waals surface area contributed by atoms with E-state index in [4.69, 9.17) is 28.4 Å². The molecule has 0 saturated heterocycles. The molecular weight excluding hydrogens is 688 g/mol. The van der Waals surface area contributed by atoms with E-state index in [1.54, 1.807) is 4.90 Å². The molecule has 2 atom stereocenters. The van der Waals surface area contributed by atoms with E-state index >= 15 is 0 Å². The van der Waals surface area contributed by atoms with Crippen molar-refractivity contribution in [3.8, 4) is 0 Å². The van der Waals surface area contributed by atoms with E-state index < -0.39 is 24.1 Å². The lowest BCUT2D eigenvalue weighted by Gasteiger charge is -2.27. The Hall–Kier alpha value is -1.46. The second kappa shape index (κ2) is 40.2. The van der Waals surface area contributed by atoms with Crippen LogP contribution in [-0.2, 0) is 38.0 Å². The first kappa shape index (κ1) is 51.5. The molecule has 2 unspecified atom stereocenters. The third kappa shape index (κ3) is 34.7. The summed E-state index contributed by atoms with van der Waals surface area (Å²) >= 11 is 0.